The van der Waals surface area contributed by atoms with Crippen molar-refractivity contribution in [3.8, 4) is 0 Å². The number of nitrogens with zero attached hydrogens (tertiary/aromatic N) is 1. The maximum absolute atomic E-state index is 12.0. The Labute approximate surface area is 98.6 Å². The summed E-state index contributed by atoms with van der Waals surface area (Å²) in [6.45, 7) is 5.01. The van der Waals surface area contributed by atoms with Gasteiger partial charge >= 0.3 is 0 Å². The summed E-state index contributed by atoms with van der Waals surface area (Å²) in [5.41, 5.74) is 5.64. The molecule has 1 fully saturated rings. The maximum Gasteiger partial charge on any atom is 0.279 e. The highest BCUT2D eigenvalue weighted by Crippen LogP contribution is 2.12. The number of nitrogens with one attached hydrogen (secondary N) is 1. The molecule has 0 saturated carbocycles. The maximum atomic E-state index is 12.0. The average Bonchev–Trinajstić information content (AvgIpc) is 2.16. The Kier molecular flexibility index (Phi) is 5.17. The van der Waals surface area contributed by atoms with Crippen LogP contribution in [0.3, 0.4) is 0 Å². The van der Waals surface area contributed by atoms with Crippen LogP contribution in [0.1, 0.15) is 39.5 Å². The molecule has 0 spiro atoms. The van der Waals surface area contributed by atoms with Gasteiger partial charge in [-0.3, -0.25) is 0 Å². The van der Waals surface area contributed by atoms with Crippen molar-refractivity contribution in [3.05, 3.63) is 0 Å². The quantitative estimate of drug-likeness (QED) is 0.742. The van der Waals surface area contributed by atoms with Crippen LogP contribution >= 0.6 is 0 Å². The Morgan fingerprint density at radius 1 is 1.25 bits per heavy atom. The van der Waals surface area contributed by atoms with Gasteiger partial charge in [-0.25, -0.2) is 0 Å². The van der Waals surface area contributed by atoms with Crippen molar-refractivity contribution in [3.63, 3.8) is 0 Å². The van der Waals surface area contributed by atoms with Crippen molar-refractivity contribution in [1.82, 2.24) is 9.03 Å². The summed E-state index contributed by atoms with van der Waals surface area (Å²) < 4.78 is 28.1. The van der Waals surface area contributed by atoms with Gasteiger partial charge in [-0.05, 0) is 33.1 Å². The highest BCUT2D eigenvalue weighted by atomic mass is 32.2. The molecule has 5 nitrogen and oxygen atoms in total. The van der Waals surface area contributed by atoms with Gasteiger partial charge in [0.15, 0.2) is 0 Å². The van der Waals surface area contributed by atoms with Crippen molar-refractivity contribution in [2.45, 2.75) is 51.6 Å². The lowest BCUT2D eigenvalue weighted by atomic mass is 10.1. The van der Waals surface area contributed by atoms with Gasteiger partial charge in [0.2, 0.25) is 0 Å². The van der Waals surface area contributed by atoms with E-state index >= 15 is 0 Å². The van der Waals surface area contributed by atoms with Crippen LogP contribution in [0.15, 0.2) is 0 Å². The van der Waals surface area contributed by atoms with Gasteiger partial charge in [-0.2, -0.15) is 17.4 Å². The van der Waals surface area contributed by atoms with Crippen LogP contribution in [0.4, 0.5) is 0 Å². The minimum absolute atomic E-state index is 0.0130. The summed E-state index contributed by atoms with van der Waals surface area (Å²) in [6.07, 6.45) is 3.71. The summed E-state index contributed by atoms with van der Waals surface area (Å²) >= 11 is 0. The molecule has 3 N–H and O–H groups in total. The highest BCUT2D eigenvalue weighted by Gasteiger charge is 2.25. The molecule has 2 atom stereocenters. The number of piperidine rings is 1. The Bertz CT molecular complexity index is 297. The normalized spacial score (nSPS) is 22.9. The first-order chi connectivity index (χ1) is 7.42. The molecule has 0 aromatic heterocycles. The predicted octanol–water partition coefficient (Wildman–Crippen LogP) is 0.433. The zero-order chi connectivity index (χ0) is 12.2. The van der Waals surface area contributed by atoms with E-state index < -0.39 is 10.2 Å². The van der Waals surface area contributed by atoms with E-state index in [4.69, 9.17) is 5.73 Å². The van der Waals surface area contributed by atoms with Crippen molar-refractivity contribution in [2.24, 2.45) is 5.73 Å². The van der Waals surface area contributed by atoms with Crippen LogP contribution in [0.25, 0.3) is 0 Å². The number of hydrogen-bond donors (Lipinski definition) is 2. The Morgan fingerprint density at radius 2 is 1.81 bits per heavy atom. The van der Waals surface area contributed by atoms with E-state index in [0.29, 0.717) is 19.5 Å². The van der Waals surface area contributed by atoms with E-state index in [-0.39, 0.29) is 12.1 Å². The molecule has 16 heavy (non-hydrogen) atoms. The summed E-state index contributed by atoms with van der Waals surface area (Å²) in [5.74, 6) is 0. The van der Waals surface area contributed by atoms with Crippen molar-refractivity contribution < 1.29 is 8.42 Å². The molecular weight excluding hydrogens is 226 g/mol. The first-order valence-corrected chi connectivity index (χ1v) is 7.39. The van der Waals surface area contributed by atoms with Gasteiger partial charge in [-0.15, -0.1) is 0 Å². The van der Waals surface area contributed by atoms with Gasteiger partial charge in [-0.1, -0.05) is 6.42 Å². The molecule has 1 heterocycles. The van der Waals surface area contributed by atoms with Gasteiger partial charge in [0.25, 0.3) is 10.2 Å². The van der Waals surface area contributed by atoms with Crippen LogP contribution in [0.5, 0.6) is 0 Å². The summed E-state index contributed by atoms with van der Waals surface area (Å²) in [5, 5.41) is 0. The van der Waals surface area contributed by atoms with Crippen LogP contribution < -0.4 is 10.5 Å². The first-order valence-electron chi connectivity index (χ1n) is 5.95. The number of nitrogens with two attached hydrogens (primary N) is 1. The minimum Gasteiger partial charge on any atom is -0.328 e. The topological polar surface area (TPSA) is 75.4 Å². The molecular formula is C10H23N3O2S. The monoisotopic (exact) mass is 249 g/mol. The zero-order valence-electron chi connectivity index (χ0n) is 10.1. The summed E-state index contributed by atoms with van der Waals surface area (Å²) in [6, 6.07) is -0.0917. The standard InChI is InChI=1S/C10H23N3O2S/c1-9(11)8-10(2)12-16(14,15)13-6-4-3-5-7-13/h9-10,12H,3-8,11H2,1-2H3. The van der Waals surface area contributed by atoms with E-state index in [9.17, 15) is 8.42 Å². The van der Waals surface area contributed by atoms with Gasteiger partial charge in [0.05, 0.1) is 0 Å². The molecule has 96 valence electrons. The molecule has 0 aromatic carbocycles. The fourth-order valence-electron chi connectivity index (χ4n) is 2.04. The van der Waals surface area contributed by atoms with Crippen LogP contribution in [0.2, 0.25) is 0 Å². The molecule has 0 radical (unpaired) electrons. The van der Waals surface area contributed by atoms with Crippen molar-refractivity contribution in [1.29, 1.82) is 0 Å². The van der Waals surface area contributed by atoms with Crippen LogP contribution in [0, 0.1) is 0 Å². The van der Waals surface area contributed by atoms with E-state index in [2.05, 4.69) is 4.72 Å². The van der Waals surface area contributed by atoms with Gasteiger partial charge in [0, 0.05) is 25.2 Å². The fraction of sp³-hybridized carbons (Fsp3) is 1.00. The lowest BCUT2D eigenvalue weighted by molar-refractivity contribution is 0.337. The molecule has 1 saturated heterocycles. The molecule has 0 aromatic rings. The second kappa shape index (κ2) is 5.95. The molecule has 0 amide bonds. The van der Waals surface area contributed by atoms with Gasteiger partial charge < -0.3 is 5.73 Å². The molecule has 1 aliphatic heterocycles. The molecule has 2 unspecified atom stereocenters. The minimum atomic E-state index is -3.30. The number of hydrogen-bond acceptors (Lipinski definition) is 3. The molecule has 6 heteroatoms. The largest absolute Gasteiger partial charge is 0.328 e. The van der Waals surface area contributed by atoms with Crippen LogP contribution in [-0.4, -0.2) is 37.9 Å². The Hall–Kier alpha value is -0.170. The predicted molar refractivity (Wildman–Crippen MR) is 65.2 cm³/mol. The molecule has 1 rings (SSSR count). The van der Waals surface area contributed by atoms with E-state index in [1.54, 1.807) is 0 Å². The van der Waals surface area contributed by atoms with Crippen LogP contribution in [-0.2, 0) is 10.2 Å². The third-order valence-electron chi connectivity index (χ3n) is 2.73. The Balaban J connectivity index is 2.49. The Morgan fingerprint density at radius 3 is 2.31 bits per heavy atom. The second-order valence-electron chi connectivity index (χ2n) is 4.70. The average molecular weight is 249 g/mol. The third-order valence-corrected chi connectivity index (χ3v) is 4.48. The smallest absolute Gasteiger partial charge is 0.279 e. The third kappa shape index (κ3) is 4.37. The van der Waals surface area contributed by atoms with E-state index in [1.165, 1.54) is 4.31 Å². The summed E-state index contributed by atoms with van der Waals surface area (Å²) in [7, 11) is -3.30. The lowest BCUT2D eigenvalue weighted by Crippen LogP contribution is -2.47. The van der Waals surface area contributed by atoms with Crippen molar-refractivity contribution in [2.75, 3.05) is 13.1 Å². The van der Waals surface area contributed by atoms with E-state index in [0.717, 1.165) is 19.3 Å². The first kappa shape index (κ1) is 13.9. The second-order valence-corrected chi connectivity index (χ2v) is 6.40. The molecule has 0 aliphatic carbocycles. The SMILES string of the molecule is CC(N)CC(C)NS(=O)(=O)N1CCCCC1. The number of rotatable bonds is 5. The highest BCUT2D eigenvalue weighted by molar-refractivity contribution is 7.87. The zero-order valence-corrected chi connectivity index (χ0v) is 11.0. The van der Waals surface area contributed by atoms with Gasteiger partial charge in [0.1, 0.15) is 0 Å². The van der Waals surface area contributed by atoms with E-state index in [1.807, 2.05) is 13.8 Å². The molecule has 1 aliphatic rings. The lowest BCUT2D eigenvalue weighted by Gasteiger charge is -2.28. The fourth-order valence-corrected chi connectivity index (χ4v) is 3.53. The van der Waals surface area contributed by atoms with Crippen molar-refractivity contribution >= 4 is 10.2 Å². The molecule has 0 bridgehead atoms. The summed E-state index contributed by atoms with van der Waals surface area (Å²) in [4.78, 5) is 0.